The van der Waals surface area contributed by atoms with E-state index in [2.05, 4.69) is 20.6 Å². The lowest BCUT2D eigenvalue weighted by molar-refractivity contribution is 0.0936. The molecule has 0 saturated heterocycles. The van der Waals surface area contributed by atoms with Crippen LogP contribution >= 0.6 is 23.2 Å². The third-order valence-corrected chi connectivity index (χ3v) is 5.64. The Hall–Kier alpha value is -3.60. The van der Waals surface area contributed by atoms with E-state index in [-0.39, 0.29) is 36.2 Å². The number of carbonyl (C=O) groups excluding carboxylic acids is 1. The third kappa shape index (κ3) is 4.43. The number of hydrogen-bond donors (Lipinski definition) is 3. The second kappa shape index (κ2) is 9.72. The van der Waals surface area contributed by atoms with E-state index >= 15 is 0 Å². The summed E-state index contributed by atoms with van der Waals surface area (Å²) in [7, 11) is 3.06. The maximum Gasteiger partial charge on any atom is 0.293 e. The fourth-order valence-corrected chi connectivity index (χ4v) is 4.08. The fourth-order valence-electron chi connectivity index (χ4n) is 3.48. The van der Waals surface area contributed by atoms with Gasteiger partial charge in [0.1, 0.15) is 12.8 Å². The molecule has 0 radical (unpaired) electrons. The average molecular weight is 503 g/mol. The SMILES string of the molecule is COn1c(=O)c(-c2c(Cl)cccc2Cl)cc2cnc(Nc3cc(C(=O)NCCO)n(C)c3)nc21. The minimum Gasteiger partial charge on any atom is -0.412 e. The molecule has 0 fully saturated rings. The van der Waals surface area contributed by atoms with Crippen LogP contribution in [0.5, 0.6) is 0 Å². The van der Waals surface area contributed by atoms with Gasteiger partial charge in [-0.3, -0.25) is 9.59 Å². The quantitative estimate of drug-likeness (QED) is 0.354. The zero-order chi connectivity index (χ0) is 24.4. The molecule has 0 aliphatic heterocycles. The molecular formula is C22H20Cl2N6O4. The van der Waals surface area contributed by atoms with Crippen molar-refractivity contribution >= 4 is 51.8 Å². The van der Waals surface area contributed by atoms with E-state index in [1.54, 1.807) is 48.1 Å². The largest absolute Gasteiger partial charge is 0.412 e. The van der Waals surface area contributed by atoms with Crippen molar-refractivity contribution in [3.63, 3.8) is 0 Å². The highest BCUT2D eigenvalue weighted by molar-refractivity contribution is 6.39. The van der Waals surface area contributed by atoms with Gasteiger partial charge >= 0.3 is 0 Å². The van der Waals surface area contributed by atoms with Crippen LogP contribution < -0.4 is 21.0 Å². The summed E-state index contributed by atoms with van der Waals surface area (Å²) in [6, 6.07) is 8.20. The molecule has 4 aromatic rings. The number of anilines is 2. The van der Waals surface area contributed by atoms with Crippen molar-refractivity contribution in [2.75, 3.05) is 25.6 Å². The van der Waals surface area contributed by atoms with Gasteiger partial charge in [-0.2, -0.15) is 4.98 Å². The number of rotatable bonds is 7. The van der Waals surface area contributed by atoms with E-state index < -0.39 is 5.56 Å². The molecule has 1 aromatic carbocycles. The van der Waals surface area contributed by atoms with E-state index in [1.165, 1.54) is 13.3 Å². The minimum absolute atomic E-state index is 0.149. The van der Waals surface area contributed by atoms with E-state index in [0.29, 0.717) is 32.4 Å². The number of aromatic nitrogens is 4. The van der Waals surface area contributed by atoms with Gasteiger partial charge in [-0.15, -0.1) is 4.73 Å². The van der Waals surface area contributed by atoms with Crippen LogP contribution in [-0.2, 0) is 7.05 Å². The van der Waals surface area contributed by atoms with Gasteiger partial charge in [0, 0.05) is 36.9 Å². The standard InChI is InChI=1S/C22H20Cl2N6O4/c1-29-11-13(9-17(29)20(32)25-6-7-31)27-22-26-10-12-8-14(18-15(23)4-3-5-16(18)24)21(33)30(34-2)19(12)28-22/h3-5,8-11,31H,6-7H2,1-2H3,(H,25,32)(H,26,27,28). The summed E-state index contributed by atoms with van der Waals surface area (Å²) in [5, 5.41) is 15.7. The van der Waals surface area contributed by atoms with Crippen molar-refractivity contribution in [2.24, 2.45) is 7.05 Å². The number of halogens is 2. The first-order valence-corrected chi connectivity index (χ1v) is 10.8. The normalized spacial score (nSPS) is 11.0. The number of carbonyl (C=O) groups is 1. The molecule has 0 spiro atoms. The summed E-state index contributed by atoms with van der Waals surface area (Å²) in [4.78, 5) is 39.4. The summed E-state index contributed by atoms with van der Waals surface area (Å²) in [5.41, 5.74) is 1.32. The molecule has 0 unspecified atom stereocenters. The number of aliphatic hydroxyl groups is 1. The average Bonchev–Trinajstić information content (AvgIpc) is 3.17. The molecule has 176 valence electrons. The highest BCUT2D eigenvalue weighted by Gasteiger charge is 2.18. The lowest BCUT2D eigenvalue weighted by atomic mass is 10.1. The topological polar surface area (TPSA) is 123 Å². The Morgan fingerprint density at radius 3 is 2.65 bits per heavy atom. The van der Waals surface area contributed by atoms with Crippen LogP contribution in [0.25, 0.3) is 22.2 Å². The van der Waals surface area contributed by atoms with Crippen LogP contribution in [0.3, 0.4) is 0 Å². The first-order chi connectivity index (χ1) is 16.3. The molecule has 4 rings (SSSR count). The predicted octanol–water partition coefficient (Wildman–Crippen LogP) is 2.63. The van der Waals surface area contributed by atoms with Crippen molar-refractivity contribution in [1.82, 2.24) is 24.6 Å². The Labute approximate surface area is 203 Å². The summed E-state index contributed by atoms with van der Waals surface area (Å²) >= 11 is 12.6. The van der Waals surface area contributed by atoms with Crippen molar-refractivity contribution in [1.29, 1.82) is 0 Å². The number of aliphatic hydroxyl groups excluding tert-OH is 1. The number of amides is 1. The molecular weight excluding hydrogens is 483 g/mol. The summed E-state index contributed by atoms with van der Waals surface area (Å²) < 4.78 is 2.66. The van der Waals surface area contributed by atoms with Gasteiger partial charge in [-0.25, -0.2) is 4.98 Å². The fraction of sp³-hybridized carbons (Fsp3) is 0.182. The number of benzene rings is 1. The zero-order valence-electron chi connectivity index (χ0n) is 18.2. The Bertz CT molecular complexity index is 1430. The summed E-state index contributed by atoms with van der Waals surface area (Å²) in [5.74, 6) is -0.142. The maximum atomic E-state index is 13.2. The van der Waals surface area contributed by atoms with E-state index in [1.807, 2.05) is 0 Å². The second-order valence-electron chi connectivity index (χ2n) is 7.24. The van der Waals surface area contributed by atoms with Gasteiger partial charge in [0.15, 0.2) is 5.65 Å². The Morgan fingerprint density at radius 1 is 1.24 bits per heavy atom. The summed E-state index contributed by atoms with van der Waals surface area (Å²) in [6.45, 7) is -0.00565. The van der Waals surface area contributed by atoms with Crippen molar-refractivity contribution in [3.05, 3.63) is 68.8 Å². The lowest BCUT2D eigenvalue weighted by Gasteiger charge is -2.13. The van der Waals surface area contributed by atoms with Crippen LogP contribution in [0.2, 0.25) is 10.0 Å². The molecule has 0 aliphatic rings. The predicted molar refractivity (Wildman–Crippen MR) is 130 cm³/mol. The molecule has 0 bridgehead atoms. The van der Waals surface area contributed by atoms with Crippen LogP contribution in [0.1, 0.15) is 10.5 Å². The van der Waals surface area contributed by atoms with Crippen LogP contribution in [-0.4, -0.2) is 50.5 Å². The zero-order valence-corrected chi connectivity index (χ0v) is 19.7. The minimum atomic E-state index is -0.489. The van der Waals surface area contributed by atoms with Crippen LogP contribution in [0, 0.1) is 0 Å². The van der Waals surface area contributed by atoms with E-state index in [0.717, 1.165) is 4.73 Å². The molecule has 3 N–H and O–H groups in total. The second-order valence-corrected chi connectivity index (χ2v) is 8.05. The number of hydrogen-bond acceptors (Lipinski definition) is 7. The first-order valence-electron chi connectivity index (χ1n) is 10.1. The third-order valence-electron chi connectivity index (χ3n) is 5.01. The molecule has 12 heteroatoms. The number of nitrogens with one attached hydrogen (secondary N) is 2. The smallest absolute Gasteiger partial charge is 0.293 e. The van der Waals surface area contributed by atoms with E-state index in [4.69, 9.17) is 33.1 Å². The molecule has 0 aliphatic carbocycles. The number of pyridine rings is 1. The maximum absolute atomic E-state index is 13.2. The molecule has 3 aromatic heterocycles. The molecule has 0 saturated carbocycles. The highest BCUT2D eigenvalue weighted by Crippen LogP contribution is 2.33. The van der Waals surface area contributed by atoms with Gasteiger partial charge in [0.25, 0.3) is 11.5 Å². The van der Waals surface area contributed by atoms with Gasteiger partial charge in [-0.1, -0.05) is 29.3 Å². The van der Waals surface area contributed by atoms with Crippen LogP contribution in [0.15, 0.2) is 47.5 Å². The Kier molecular flexibility index (Phi) is 6.73. The number of nitrogens with zero attached hydrogens (tertiary/aromatic N) is 4. The molecule has 10 nitrogen and oxygen atoms in total. The van der Waals surface area contributed by atoms with Gasteiger partial charge in [-0.05, 0) is 24.3 Å². The molecule has 3 heterocycles. The Balaban J connectivity index is 1.73. The number of fused-ring (bicyclic) bond motifs is 1. The monoisotopic (exact) mass is 502 g/mol. The van der Waals surface area contributed by atoms with Gasteiger partial charge in [0.2, 0.25) is 5.95 Å². The molecule has 1 amide bonds. The van der Waals surface area contributed by atoms with Crippen molar-refractivity contribution in [2.45, 2.75) is 0 Å². The van der Waals surface area contributed by atoms with Crippen molar-refractivity contribution < 1.29 is 14.7 Å². The van der Waals surface area contributed by atoms with Gasteiger partial charge < -0.3 is 25.1 Å². The van der Waals surface area contributed by atoms with Crippen LogP contribution in [0.4, 0.5) is 11.6 Å². The van der Waals surface area contributed by atoms with Gasteiger partial charge in [0.05, 0.1) is 27.9 Å². The highest BCUT2D eigenvalue weighted by atomic mass is 35.5. The lowest BCUT2D eigenvalue weighted by Crippen LogP contribution is -2.27. The number of aryl methyl sites for hydroxylation is 1. The molecule has 34 heavy (non-hydrogen) atoms. The summed E-state index contributed by atoms with van der Waals surface area (Å²) in [6.07, 6.45) is 3.22. The van der Waals surface area contributed by atoms with Crippen molar-refractivity contribution in [3.8, 4) is 11.1 Å². The first kappa shape index (κ1) is 23.6. The Morgan fingerprint density at radius 2 is 1.97 bits per heavy atom. The molecule has 0 atom stereocenters. The van der Waals surface area contributed by atoms with E-state index in [9.17, 15) is 9.59 Å².